The van der Waals surface area contributed by atoms with Crippen LogP contribution in [-0.2, 0) is 27.4 Å². The van der Waals surface area contributed by atoms with Crippen LogP contribution in [0, 0.1) is 5.82 Å². The molecule has 0 radical (unpaired) electrons. The Kier molecular flexibility index (Phi) is 7.00. The number of piperidine rings is 1. The van der Waals surface area contributed by atoms with Crippen LogP contribution in [0.5, 0.6) is 0 Å². The molecule has 2 aromatic rings. The van der Waals surface area contributed by atoms with E-state index in [0.717, 1.165) is 12.8 Å². The molecule has 158 valence electrons. The number of halogens is 1. The Morgan fingerprint density at radius 2 is 1.70 bits per heavy atom. The molecule has 2 aromatic carbocycles. The van der Waals surface area contributed by atoms with Crippen molar-refractivity contribution in [2.24, 2.45) is 0 Å². The molecule has 2 N–H and O–H groups in total. The average molecular weight is 414 g/mol. The highest BCUT2D eigenvalue weighted by atomic mass is 19.1. The summed E-state index contributed by atoms with van der Waals surface area (Å²) in [4.78, 5) is 36.9. The van der Waals surface area contributed by atoms with Gasteiger partial charge in [0.1, 0.15) is 18.5 Å². The van der Waals surface area contributed by atoms with E-state index < -0.39 is 18.1 Å². The Morgan fingerprint density at radius 3 is 2.37 bits per heavy atom. The predicted octanol–water partition coefficient (Wildman–Crippen LogP) is 3.58. The van der Waals surface area contributed by atoms with Crippen LogP contribution in [0.15, 0.2) is 48.5 Å². The number of carboxylic acid groups (broad SMARTS) is 1. The number of carboxylic acids is 1. The third-order valence-electron chi connectivity index (χ3n) is 4.90. The molecule has 1 aliphatic rings. The summed E-state index contributed by atoms with van der Waals surface area (Å²) in [6.07, 6.45) is 1.44. The first-order valence-electron chi connectivity index (χ1n) is 9.72. The molecule has 1 aliphatic heterocycles. The normalized spacial score (nSPS) is 16.0. The highest BCUT2D eigenvalue weighted by molar-refractivity contribution is 5.92. The summed E-state index contributed by atoms with van der Waals surface area (Å²) < 4.78 is 18.2. The van der Waals surface area contributed by atoms with Crippen LogP contribution in [-0.4, -0.2) is 40.6 Å². The van der Waals surface area contributed by atoms with Crippen molar-refractivity contribution < 1.29 is 28.6 Å². The second-order valence-electron chi connectivity index (χ2n) is 7.15. The lowest BCUT2D eigenvalue weighted by molar-refractivity contribution is -0.143. The molecule has 30 heavy (non-hydrogen) atoms. The summed E-state index contributed by atoms with van der Waals surface area (Å²) in [5.74, 6) is -1.60. The number of hydrogen-bond acceptors (Lipinski definition) is 4. The van der Waals surface area contributed by atoms with Crippen molar-refractivity contribution in [3.05, 3.63) is 65.5 Å². The maximum absolute atomic E-state index is 12.9. The lowest BCUT2D eigenvalue weighted by Gasteiger charge is -2.31. The van der Waals surface area contributed by atoms with Gasteiger partial charge in [0.2, 0.25) is 5.91 Å². The molecule has 1 saturated heterocycles. The highest BCUT2D eigenvalue weighted by Crippen LogP contribution is 2.19. The molecule has 0 unspecified atom stereocenters. The fourth-order valence-electron chi connectivity index (χ4n) is 3.31. The second-order valence-corrected chi connectivity index (χ2v) is 7.15. The number of anilines is 1. The number of nitrogens with one attached hydrogen (secondary N) is 1. The van der Waals surface area contributed by atoms with Crippen molar-refractivity contribution >= 4 is 23.7 Å². The number of aliphatic carboxylic acids is 1. The van der Waals surface area contributed by atoms with Gasteiger partial charge in [-0.2, -0.15) is 0 Å². The average Bonchev–Trinajstić information content (AvgIpc) is 2.74. The number of carbonyl (C=O) groups excluding carboxylic acids is 2. The van der Waals surface area contributed by atoms with Gasteiger partial charge in [-0.3, -0.25) is 9.69 Å². The van der Waals surface area contributed by atoms with E-state index in [1.165, 1.54) is 17.0 Å². The van der Waals surface area contributed by atoms with E-state index in [9.17, 15) is 23.9 Å². The number of ether oxygens (including phenoxy) is 1. The number of hydrogen-bond donors (Lipinski definition) is 2. The van der Waals surface area contributed by atoms with E-state index in [4.69, 9.17) is 4.74 Å². The first-order valence-corrected chi connectivity index (χ1v) is 9.72. The zero-order valence-electron chi connectivity index (χ0n) is 16.3. The third-order valence-corrected chi connectivity index (χ3v) is 4.90. The molecule has 7 nitrogen and oxygen atoms in total. The minimum Gasteiger partial charge on any atom is -0.480 e. The molecule has 0 aliphatic carbocycles. The lowest BCUT2D eigenvalue weighted by Crippen LogP contribution is -2.48. The van der Waals surface area contributed by atoms with Crippen LogP contribution in [0.4, 0.5) is 14.9 Å². The quantitative estimate of drug-likeness (QED) is 0.753. The molecule has 0 spiro atoms. The van der Waals surface area contributed by atoms with Gasteiger partial charge in [-0.1, -0.05) is 24.3 Å². The Labute approximate surface area is 173 Å². The van der Waals surface area contributed by atoms with Gasteiger partial charge in [-0.25, -0.2) is 14.0 Å². The molecule has 1 heterocycles. The number of benzene rings is 2. The first kappa shape index (κ1) is 21.3. The van der Waals surface area contributed by atoms with Crippen LogP contribution in [0.1, 0.15) is 30.4 Å². The van der Waals surface area contributed by atoms with E-state index >= 15 is 0 Å². The molecule has 0 saturated carbocycles. The molecule has 3 rings (SSSR count). The van der Waals surface area contributed by atoms with E-state index in [1.54, 1.807) is 36.4 Å². The van der Waals surface area contributed by atoms with Gasteiger partial charge in [-0.15, -0.1) is 0 Å². The van der Waals surface area contributed by atoms with E-state index in [2.05, 4.69) is 5.32 Å². The summed E-state index contributed by atoms with van der Waals surface area (Å²) >= 11 is 0. The van der Waals surface area contributed by atoms with Crippen molar-refractivity contribution in [2.45, 2.75) is 38.3 Å². The van der Waals surface area contributed by atoms with E-state index in [-0.39, 0.29) is 24.8 Å². The number of rotatable bonds is 6. The topological polar surface area (TPSA) is 95.9 Å². The Hall–Kier alpha value is -3.42. The summed E-state index contributed by atoms with van der Waals surface area (Å²) in [5, 5.41) is 12.0. The first-order chi connectivity index (χ1) is 14.4. The summed E-state index contributed by atoms with van der Waals surface area (Å²) in [5.41, 5.74) is 2.00. The third kappa shape index (κ3) is 5.79. The standard InChI is InChI=1S/C22H23FN2O5/c23-17-8-4-15(5-9-17)13-20(26)24-18-10-6-16(7-11-18)14-30-22(29)25-12-2-1-3-19(25)21(27)28/h4-11,19H,1-3,12-14H2,(H,24,26)(H,27,28)/t19-/m0/s1. The Balaban J connectivity index is 1.49. The molecular weight excluding hydrogens is 391 g/mol. The molecule has 2 amide bonds. The monoisotopic (exact) mass is 414 g/mol. The van der Waals surface area contributed by atoms with Crippen LogP contribution in [0.25, 0.3) is 0 Å². The van der Waals surface area contributed by atoms with Crippen molar-refractivity contribution in [3.8, 4) is 0 Å². The van der Waals surface area contributed by atoms with E-state index in [1.807, 2.05) is 0 Å². The zero-order chi connectivity index (χ0) is 21.5. The molecule has 1 atom stereocenters. The Bertz CT molecular complexity index is 899. The van der Waals surface area contributed by atoms with Gasteiger partial charge in [0.25, 0.3) is 0 Å². The summed E-state index contributed by atoms with van der Waals surface area (Å²) in [6, 6.07) is 11.7. The van der Waals surface area contributed by atoms with Gasteiger partial charge in [0.05, 0.1) is 6.42 Å². The lowest BCUT2D eigenvalue weighted by atomic mass is 10.0. The smallest absolute Gasteiger partial charge is 0.410 e. The van der Waals surface area contributed by atoms with E-state index in [0.29, 0.717) is 29.8 Å². The SMILES string of the molecule is O=C(Cc1ccc(F)cc1)Nc1ccc(COC(=O)N2CCCC[C@H]2C(=O)O)cc1. The van der Waals surface area contributed by atoms with Crippen molar-refractivity contribution in [1.29, 1.82) is 0 Å². The largest absolute Gasteiger partial charge is 0.480 e. The maximum Gasteiger partial charge on any atom is 0.410 e. The molecule has 1 fully saturated rings. The van der Waals surface area contributed by atoms with Crippen LogP contribution in [0.2, 0.25) is 0 Å². The molecule has 0 aromatic heterocycles. The second kappa shape index (κ2) is 9.87. The zero-order valence-corrected chi connectivity index (χ0v) is 16.3. The highest BCUT2D eigenvalue weighted by Gasteiger charge is 2.32. The van der Waals surface area contributed by atoms with Crippen molar-refractivity contribution in [1.82, 2.24) is 4.90 Å². The van der Waals surface area contributed by atoms with Crippen molar-refractivity contribution in [2.75, 3.05) is 11.9 Å². The fraction of sp³-hybridized carbons (Fsp3) is 0.318. The van der Waals surface area contributed by atoms with Crippen LogP contribution < -0.4 is 5.32 Å². The number of likely N-dealkylation sites (tertiary alicyclic amines) is 1. The fourth-order valence-corrected chi connectivity index (χ4v) is 3.31. The maximum atomic E-state index is 12.9. The van der Waals surface area contributed by atoms with Gasteiger partial charge in [-0.05, 0) is 54.7 Å². The molecule has 0 bridgehead atoms. The van der Waals surface area contributed by atoms with Gasteiger partial charge in [0, 0.05) is 12.2 Å². The minimum absolute atomic E-state index is 0.00543. The van der Waals surface area contributed by atoms with Gasteiger partial charge in [0.15, 0.2) is 0 Å². The van der Waals surface area contributed by atoms with Crippen LogP contribution in [0.3, 0.4) is 0 Å². The molecule has 8 heteroatoms. The summed E-state index contributed by atoms with van der Waals surface area (Å²) in [6.45, 7) is 0.375. The number of carbonyl (C=O) groups is 3. The van der Waals surface area contributed by atoms with Crippen LogP contribution >= 0.6 is 0 Å². The predicted molar refractivity (Wildman–Crippen MR) is 107 cm³/mol. The Morgan fingerprint density at radius 1 is 1.03 bits per heavy atom. The molecular formula is C22H23FN2O5. The van der Waals surface area contributed by atoms with Gasteiger partial charge >= 0.3 is 12.1 Å². The van der Waals surface area contributed by atoms with Gasteiger partial charge < -0.3 is 15.2 Å². The number of nitrogens with zero attached hydrogens (tertiary/aromatic N) is 1. The number of amides is 2. The van der Waals surface area contributed by atoms with Crippen molar-refractivity contribution in [3.63, 3.8) is 0 Å². The minimum atomic E-state index is -1.02. The summed E-state index contributed by atoms with van der Waals surface area (Å²) in [7, 11) is 0.